The van der Waals surface area contributed by atoms with Crippen molar-refractivity contribution < 1.29 is 18.1 Å². The molecular formula is C20H21ClN4O5S3. The smallest absolute Gasteiger partial charge is 0.300 e. The number of hydrogen-bond donors (Lipinski definition) is 0. The third kappa shape index (κ3) is 4.85. The molecule has 0 spiro atoms. The minimum absolute atomic E-state index is 0.113. The van der Waals surface area contributed by atoms with Crippen LogP contribution >= 0.6 is 34.3 Å². The average Bonchev–Trinajstić information content (AvgIpc) is 3.46. The molecule has 0 aliphatic carbocycles. The van der Waals surface area contributed by atoms with Crippen LogP contribution in [0.3, 0.4) is 0 Å². The fourth-order valence-electron chi connectivity index (χ4n) is 3.52. The van der Waals surface area contributed by atoms with Crippen LogP contribution in [0.4, 0.5) is 10.8 Å². The van der Waals surface area contributed by atoms with Crippen LogP contribution in [0.2, 0.25) is 4.34 Å². The van der Waals surface area contributed by atoms with Gasteiger partial charge >= 0.3 is 0 Å². The normalized spacial score (nSPS) is 16.0. The summed E-state index contributed by atoms with van der Waals surface area (Å²) >= 11 is 8.09. The highest BCUT2D eigenvalue weighted by atomic mass is 35.5. The molecule has 0 saturated carbocycles. The summed E-state index contributed by atoms with van der Waals surface area (Å²) in [6.07, 6.45) is 0. The maximum Gasteiger partial charge on any atom is 0.300 e. The van der Waals surface area contributed by atoms with E-state index in [-0.39, 0.29) is 33.2 Å². The summed E-state index contributed by atoms with van der Waals surface area (Å²) in [7, 11) is -2.21. The van der Waals surface area contributed by atoms with Gasteiger partial charge in [0.2, 0.25) is 0 Å². The summed E-state index contributed by atoms with van der Waals surface area (Å²) in [5.74, 6) is 0.916. The number of benzene rings is 1. The molecule has 3 heterocycles. The van der Waals surface area contributed by atoms with Gasteiger partial charge < -0.3 is 9.64 Å². The van der Waals surface area contributed by atoms with E-state index in [4.69, 9.17) is 21.3 Å². The summed E-state index contributed by atoms with van der Waals surface area (Å²) in [6.45, 7) is 3.56. The molecule has 9 nitrogen and oxygen atoms in total. The second kappa shape index (κ2) is 9.55. The predicted molar refractivity (Wildman–Crippen MR) is 130 cm³/mol. The van der Waals surface area contributed by atoms with Crippen LogP contribution in [0.25, 0.3) is 0 Å². The van der Waals surface area contributed by atoms with Gasteiger partial charge in [0.25, 0.3) is 15.7 Å². The van der Waals surface area contributed by atoms with Gasteiger partial charge in [0.1, 0.15) is 9.96 Å². The van der Waals surface area contributed by atoms with E-state index in [1.165, 1.54) is 15.6 Å². The van der Waals surface area contributed by atoms with Crippen LogP contribution in [-0.4, -0.2) is 55.9 Å². The first kappa shape index (κ1) is 23.9. The third-order valence-electron chi connectivity index (χ3n) is 5.52. The van der Waals surface area contributed by atoms with E-state index in [9.17, 15) is 18.5 Å². The number of halogens is 1. The van der Waals surface area contributed by atoms with Crippen molar-refractivity contribution >= 4 is 55.1 Å². The first-order chi connectivity index (χ1) is 15.7. The molecule has 0 N–H and O–H groups in total. The van der Waals surface area contributed by atoms with Gasteiger partial charge in [-0.15, -0.1) is 22.7 Å². The van der Waals surface area contributed by atoms with Gasteiger partial charge in [-0.2, -0.15) is 4.31 Å². The minimum atomic E-state index is -3.84. The second-order valence-corrected chi connectivity index (χ2v) is 12.1. The fourth-order valence-corrected chi connectivity index (χ4v) is 7.74. The molecule has 0 radical (unpaired) electrons. The number of thiophene rings is 1. The van der Waals surface area contributed by atoms with Crippen molar-refractivity contribution in [3.63, 3.8) is 0 Å². The Morgan fingerprint density at radius 1 is 1.21 bits per heavy atom. The van der Waals surface area contributed by atoms with Crippen molar-refractivity contribution in [3.8, 4) is 5.75 Å². The zero-order valence-corrected chi connectivity index (χ0v) is 21.0. The highest BCUT2D eigenvalue weighted by molar-refractivity contribution is 7.91. The number of nitrogens with zero attached hydrogens (tertiary/aromatic N) is 4. The molecule has 2 aromatic heterocycles. The predicted octanol–water partition coefficient (Wildman–Crippen LogP) is 4.44. The molecule has 1 atom stereocenters. The van der Waals surface area contributed by atoms with Gasteiger partial charge in [-0.05, 0) is 17.7 Å². The average molecular weight is 529 g/mol. The highest BCUT2D eigenvalue weighted by Crippen LogP contribution is 2.38. The first-order valence-electron chi connectivity index (χ1n) is 9.99. The SMILES string of the molecule is COc1ccc(C(C)c2csc(N3CCN(S(=O)(=O)c4cc([N+](=O)[O-])c(Cl)s4)CC3)n2)cc1. The van der Waals surface area contributed by atoms with Crippen LogP contribution in [0.15, 0.2) is 39.9 Å². The van der Waals surface area contributed by atoms with Crippen LogP contribution in [0.5, 0.6) is 5.75 Å². The largest absolute Gasteiger partial charge is 0.497 e. The molecule has 4 rings (SSSR count). The van der Waals surface area contributed by atoms with Crippen molar-refractivity contribution in [1.82, 2.24) is 9.29 Å². The van der Waals surface area contributed by atoms with E-state index >= 15 is 0 Å². The highest BCUT2D eigenvalue weighted by Gasteiger charge is 2.33. The van der Waals surface area contributed by atoms with Crippen LogP contribution in [0.1, 0.15) is 24.1 Å². The van der Waals surface area contributed by atoms with Crippen LogP contribution < -0.4 is 9.64 Å². The van der Waals surface area contributed by atoms with Crippen molar-refractivity contribution in [2.45, 2.75) is 17.1 Å². The number of hydrogen-bond acceptors (Lipinski definition) is 9. The van der Waals surface area contributed by atoms with Gasteiger partial charge in [-0.3, -0.25) is 10.1 Å². The van der Waals surface area contributed by atoms with E-state index in [2.05, 4.69) is 11.8 Å². The van der Waals surface area contributed by atoms with Gasteiger partial charge in [0.05, 0.1) is 17.7 Å². The lowest BCUT2D eigenvalue weighted by atomic mass is 9.99. The molecule has 1 aliphatic heterocycles. The number of anilines is 1. The Labute approximate surface area is 204 Å². The molecule has 1 aliphatic rings. The number of methoxy groups -OCH3 is 1. The lowest BCUT2D eigenvalue weighted by Gasteiger charge is -2.33. The van der Waals surface area contributed by atoms with E-state index in [1.807, 2.05) is 29.6 Å². The van der Waals surface area contributed by atoms with Crippen molar-refractivity contribution in [3.05, 3.63) is 61.4 Å². The zero-order chi connectivity index (χ0) is 23.8. The number of piperazine rings is 1. The summed E-state index contributed by atoms with van der Waals surface area (Å²) in [5.41, 5.74) is 1.70. The zero-order valence-electron chi connectivity index (χ0n) is 17.8. The van der Waals surface area contributed by atoms with E-state index in [0.717, 1.165) is 28.2 Å². The van der Waals surface area contributed by atoms with E-state index in [1.54, 1.807) is 7.11 Å². The molecule has 0 amide bonds. The van der Waals surface area contributed by atoms with Gasteiger partial charge in [-0.1, -0.05) is 30.7 Å². The second-order valence-electron chi connectivity index (χ2n) is 7.42. The topological polar surface area (TPSA) is 106 Å². The minimum Gasteiger partial charge on any atom is -0.497 e. The summed E-state index contributed by atoms with van der Waals surface area (Å²) in [4.78, 5) is 17.2. The van der Waals surface area contributed by atoms with E-state index < -0.39 is 14.9 Å². The fraction of sp³-hybridized carbons (Fsp3) is 0.350. The number of rotatable bonds is 7. The monoisotopic (exact) mass is 528 g/mol. The molecule has 13 heteroatoms. The van der Waals surface area contributed by atoms with Crippen LogP contribution in [0, 0.1) is 10.1 Å². The number of sulfonamides is 1. The summed E-state index contributed by atoms with van der Waals surface area (Å²) < 4.78 is 32.2. The molecule has 176 valence electrons. The Balaban J connectivity index is 1.42. The number of aromatic nitrogens is 1. The Hall–Kier alpha value is -2.25. The Bertz CT molecular complexity index is 1250. The first-order valence-corrected chi connectivity index (χ1v) is 13.5. The van der Waals surface area contributed by atoms with Crippen molar-refractivity contribution in [2.24, 2.45) is 0 Å². The van der Waals surface area contributed by atoms with Gasteiger partial charge in [-0.25, -0.2) is 13.4 Å². The third-order valence-corrected chi connectivity index (χ3v) is 10.1. The number of nitro groups is 1. The van der Waals surface area contributed by atoms with E-state index in [0.29, 0.717) is 24.4 Å². The molecule has 1 fully saturated rings. The van der Waals surface area contributed by atoms with Crippen LogP contribution in [-0.2, 0) is 10.0 Å². The standard InChI is InChI=1S/C20H21ClN4O5S3/c1-13(14-3-5-15(30-2)6-4-14)16-12-31-20(22-16)23-7-9-24(10-8-23)33(28,29)18-11-17(25(26)27)19(21)32-18/h3-6,11-13H,7-10H2,1-2H3. The van der Waals surface area contributed by atoms with Gasteiger partial charge in [0.15, 0.2) is 9.47 Å². The van der Waals surface area contributed by atoms with Crippen molar-refractivity contribution in [2.75, 3.05) is 38.2 Å². The van der Waals surface area contributed by atoms with Gasteiger partial charge in [0, 0.05) is 43.5 Å². The maximum atomic E-state index is 12.9. The Morgan fingerprint density at radius 2 is 1.88 bits per heavy atom. The lowest BCUT2D eigenvalue weighted by molar-refractivity contribution is -0.384. The molecule has 1 aromatic carbocycles. The maximum absolute atomic E-state index is 12.9. The number of ether oxygens (including phenoxy) is 1. The molecule has 1 saturated heterocycles. The summed E-state index contributed by atoms with van der Waals surface area (Å²) in [5, 5.41) is 13.9. The molecule has 3 aromatic rings. The van der Waals surface area contributed by atoms with Crippen molar-refractivity contribution in [1.29, 1.82) is 0 Å². The Morgan fingerprint density at radius 3 is 2.45 bits per heavy atom. The Kier molecular flexibility index (Phi) is 6.91. The summed E-state index contributed by atoms with van der Waals surface area (Å²) in [6, 6.07) is 8.92. The number of thiazole rings is 1. The quantitative estimate of drug-likeness (QED) is 0.329. The molecule has 33 heavy (non-hydrogen) atoms. The lowest BCUT2D eigenvalue weighted by Crippen LogP contribution is -2.48. The molecular weight excluding hydrogens is 508 g/mol. The molecule has 1 unspecified atom stereocenters. The molecule has 0 bridgehead atoms.